The summed E-state index contributed by atoms with van der Waals surface area (Å²) in [6.45, 7) is 17.9. The molecule has 0 unspecified atom stereocenters. The van der Waals surface area contributed by atoms with E-state index in [1.807, 2.05) is 0 Å². The Hall–Kier alpha value is 0. The molecule has 84 valence electrons. The van der Waals surface area contributed by atoms with Crippen molar-refractivity contribution in [3.63, 3.8) is 0 Å². The lowest BCUT2D eigenvalue weighted by molar-refractivity contribution is 0.397. The van der Waals surface area contributed by atoms with Crippen LogP contribution in [0.1, 0.15) is 75.7 Å². The van der Waals surface area contributed by atoms with Crippen molar-refractivity contribution < 1.29 is 0 Å². The molecule has 0 saturated heterocycles. The second-order valence-corrected chi connectivity index (χ2v) is 5.83. The average Bonchev–Trinajstić information content (AvgIpc) is 1.86. The van der Waals surface area contributed by atoms with Crippen LogP contribution in [0.3, 0.4) is 0 Å². The van der Waals surface area contributed by atoms with Crippen molar-refractivity contribution >= 4 is 0 Å². The molecule has 13 heavy (non-hydrogen) atoms. The van der Waals surface area contributed by atoms with Gasteiger partial charge in [-0.05, 0) is 10.8 Å². The van der Waals surface area contributed by atoms with E-state index in [1.165, 1.54) is 12.8 Å². The Balaban J connectivity index is -0.000000143. The zero-order chi connectivity index (χ0) is 10.4. The Kier molecular flexibility index (Phi) is 10.7. The largest absolute Gasteiger partial charge is 0.0776 e. The predicted molar refractivity (Wildman–Crippen MR) is 66.2 cm³/mol. The van der Waals surface area contributed by atoms with Gasteiger partial charge >= 0.3 is 0 Å². The van der Waals surface area contributed by atoms with Crippen LogP contribution < -0.4 is 0 Å². The van der Waals surface area contributed by atoms with Crippen molar-refractivity contribution in [3.8, 4) is 0 Å². The zero-order valence-electron chi connectivity index (χ0n) is 10.4. The minimum Gasteiger partial charge on any atom is -0.0776 e. The summed E-state index contributed by atoms with van der Waals surface area (Å²) in [6.07, 6.45) is 2.54. The topological polar surface area (TPSA) is 0 Å². The molecule has 0 aromatic carbocycles. The smallest absolute Gasteiger partial charge is 0.0385 e. The summed E-state index contributed by atoms with van der Waals surface area (Å²) in [5, 5.41) is 0. The second kappa shape index (κ2) is 7.41. The van der Waals surface area contributed by atoms with Crippen molar-refractivity contribution in [1.29, 1.82) is 0 Å². The first kappa shape index (κ1) is 18.7. The number of hydrogen-bond donors (Lipinski definition) is 0. The molecule has 0 heterocycles. The van der Waals surface area contributed by atoms with Crippen LogP contribution in [0.4, 0.5) is 0 Å². The molecule has 0 atom stereocenters. The van der Waals surface area contributed by atoms with Crippen LogP contribution in [0.2, 0.25) is 0 Å². The molecule has 0 aliphatic carbocycles. The van der Waals surface area contributed by atoms with Gasteiger partial charge in [-0.1, -0.05) is 75.7 Å². The first-order valence-corrected chi connectivity index (χ1v) is 5.12. The second-order valence-electron chi connectivity index (χ2n) is 5.83. The van der Waals surface area contributed by atoms with Gasteiger partial charge < -0.3 is 0 Å². The van der Waals surface area contributed by atoms with Gasteiger partial charge in [0.25, 0.3) is 0 Å². The minimum atomic E-state index is 0. The summed E-state index contributed by atoms with van der Waals surface area (Å²) < 4.78 is 0. The van der Waals surface area contributed by atoms with Crippen molar-refractivity contribution in [3.05, 3.63) is 0 Å². The molecule has 0 fully saturated rings. The van der Waals surface area contributed by atoms with Crippen LogP contribution >= 0.6 is 0 Å². The van der Waals surface area contributed by atoms with Crippen LogP contribution in [0.15, 0.2) is 0 Å². The van der Waals surface area contributed by atoms with Gasteiger partial charge in [0.15, 0.2) is 0 Å². The molecule has 0 aromatic rings. The molecule has 0 aromatic heterocycles. The van der Waals surface area contributed by atoms with Gasteiger partial charge in [0.2, 0.25) is 0 Å². The molecule has 0 N–H and O–H groups in total. The fourth-order valence-electron chi connectivity index (χ4n) is 0. The van der Waals surface area contributed by atoms with Gasteiger partial charge in [-0.15, -0.1) is 0 Å². The lowest BCUT2D eigenvalue weighted by atomic mass is 9.94. The van der Waals surface area contributed by atoms with Crippen molar-refractivity contribution in [2.24, 2.45) is 10.8 Å². The lowest BCUT2D eigenvalue weighted by Gasteiger charge is -2.12. The van der Waals surface area contributed by atoms with Gasteiger partial charge in [0.1, 0.15) is 0 Å². The molecule has 0 spiro atoms. The maximum atomic E-state index is 2.24. The van der Waals surface area contributed by atoms with Crippen LogP contribution in [-0.4, -0.2) is 0 Å². The Morgan fingerprint density at radius 1 is 0.615 bits per heavy atom. The fourth-order valence-corrected chi connectivity index (χ4v) is 0. The molecular formula is C13H32. The fraction of sp³-hybridized carbons (Fsp3) is 1.00. The first-order valence-electron chi connectivity index (χ1n) is 5.12. The minimum absolute atomic E-state index is 0. The maximum Gasteiger partial charge on any atom is -0.0385 e. The monoisotopic (exact) mass is 188 g/mol. The van der Waals surface area contributed by atoms with Gasteiger partial charge in [-0.2, -0.15) is 0 Å². The molecular weight excluding hydrogens is 156 g/mol. The standard InChI is InChI=1S/2C6H14.CH4/c2*1-5-6(2,3)4;/h2*5H2,1-4H3;1H4. The molecule has 0 amide bonds. The van der Waals surface area contributed by atoms with Crippen LogP contribution in [0, 0.1) is 10.8 Å². The van der Waals surface area contributed by atoms with E-state index in [0.717, 1.165) is 0 Å². The predicted octanol–water partition coefficient (Wildman–Crippen LogP) is 5.52. The van der Waals surface area contributed by atoms with Crippen LogP contribution in [0.5, 0.6) is 0 Å². The quantitative estimate of drug-likeness (QED) is 0.469. The highest BCUT2D eigenvalue weighted by atomic mass is 14.1. The van der Waals surface area contributed by atoms with Gasteiger partial charge in [-0.25, -0.2) is 0 Å². The normalized spacial score (nSPS) is 11.1. The number of hydrogen-bond acceptors (Lipinski definition) is 0. The Morgan fingerprint density at radius 3 is 0.692 bits per heavy atom. The molecule has 0 nitrogen and oxygen atoms in total. The summed E-state index contributed by atoms with van der Waals surface area (Å²) in [5.74, 6) is 0. The number of rotatable bonds is 0. The van der Waals surface area contributed by atoms with E-state index in [0.29, 0.717) is 10.8 Å². The maximum absolute atomic E-state index is 2.24. The lowest BCUT2D eigenvalue weighted by Crippen LogP contribution is -2.00. The third-order valence-corrected chi connectivity index (χ3v) is 2.12. The summed E-state index contributed by atoms with van der Waals surface area (Å²) in [7, 11) is 0. The molecule has 0 radical (unpaired) electrons. The molecule has 0 rings (SSSR count). The van der Waals surface area contributed by atoms with Crippen LogP contribution in [-0.2, 0) is 0 Å². The summed E-state index contributed by atoms with van der Waals surface area (Å²) in [6, 6.07) is 0. The SMILES string of the molecule is C.CCC(C)(C)C.CCC(C)(C)C. The third kappa shape index (κ3) is 33.3. The van der Waals surface area contributed by atoms with E-state index in [-0.39, 0.29) is 7.43 Å². The molecule has 0 aliphatic rings. The molecule has 0 saturated carbocycles. The Bertz CT molecular complexity index is 73.6. The van der Waals surface area contributed by atoms with E-state index in [9.17, 15) is 0 Å². The zero-order valence-corrected chi connectivity index (χ0v) is 10.4. The van der Waals surface area contributed by atoms with Crippen LogP contribution in [0.25, 0.3) is 0 Å². The highest BCUT2D eigenvalue weighted by molar-refractivity contribution is 4.55. The Labute approximate surface area is 87.1 Å². The van der Waals surface area contributed by atoms with E-state index >= 15 is 0 Å². The first-order chi connectivity index (χ1) is 5.12. The molecule has 0 bridgehead atoms. The van der Waals surface area contributed by atoms with Gasteiger partial charge in [0.05, 0.1) is 0 Å². The van der Waals surface area contributed by atoms with E-state index in [4.69, 9.17) is 0 Å². The summed E-state index contributed by atoms with van der Waals surface area (Å²) in [4.78, 5) is 0. The van der Waals surface area contributed by atoms with E-state index in [1.54, 1.807) is 0 Å². The van der Waals surface area contributed by atoms with Crippen molar-refractivity contribution in [1.82, 2.24) is 0 Å². The molecule has 0 aliphatic heterocycles. The third-order valence-electron chi connectivity index (χ3n) is 2.12. The van der Waals surface area contributed by atoms with E-state index in [2.05, 4.69) is 55.4 Å². The summed E-state index contributed by atoms with van der Waals surface area (Å²) >= 11 is 0. The van der Waals surface area contributed by atoms with Crippen molar-refractivity contribution in [2.75, 3.05) is 0 Å². The van der Waals surface area contributed by atoms with Gasteiger partial charge in [0, 0.05) is 0 Å². The van der Waals surface area contributed by atoms with Gasteiger partial charge in [-0.3, -0.25) is 0 Å². The van der Waals surface area contributed by atoms with E-state index < -0.39 is 0 Å². The highest BCUT2D eigenvalue weighted by Crippen LogP contribution is 2.16. The molecule has 0 heteroatoms. The highest BCUT2D eigenvalue weighted by Gasteiger charge is 2.03. The summed E-state index contributed by atoms with van der Waals surface area (Å²) in [5.41, 5.74) is 1.08. The van der Waals surface area contributed by atoms with Crippen molar-refractivity contribution in [2.45, 2.75) is 75.7 Å². The average molecular weight is 188 g/mol. The Morgan fingerprint density at radius 2 is 0.692 bits per heavy atom.